The van der Waals surface area contributed by atoms with Crippen LogP contribution in [0.15, 0.2) is 24.3 Å². The van der Waals surface area contributed by atoms with Crippen molar-refractivity contribution in [3.05, 3.63) is 29.8 Å². The molecule has 2 aromatic carbocycles. The van der Waals surface area contributed by atoms with E-state index in [2.05, 4.69) is 6.92 Å². The van der Waals surface area contributed by atoms with Crippen LogP contribution in [-0.2, 0) is 9.59 Å². The molecule has 134 valence electrons. The number of carbonyl (C=O) groups excluding carboxylic acids is 2. The fourth-order valence-electron chi connectivity index (χ4n) is 2.70. The zero-order valence-electron chi connectivity index (χ0n) is 15.2. The summed E-state index contributed by atoms with van der Waals surface area (Å²) in [5.74, 6) is 0.410. The summed E-state index contributed by atoms with van der Waals surface area (Å²) >= 11 is 0. The molecule has 0 radical (unpaired) electrons. The van der Waals surface area contributed by atoms with E-state index in [4.69, 9.17) is 14.2 Å². The molecule has 0 atom stereocenters. The second-order valence-electron chi connectivity index (χ2n) is 5.90. The highest BCUT2D eigenvalue weighted by Crippen LogP contribution is 2.45. The molecule has 0 N–H and O–H groups in total. The van der Waals surface area contributed by atoms with E-state index in [9.17, 15) is 9.59 Å². The molecule has 25 heavy (non-hydrogen) atoms. The monoisotopic (exact) mass is 344 g/mol. The van der Waals surface area contributed by atoms with Gasteiger partial charge in [-0.3, -0.25) is 9.59 Å². The van der Waals surface area contributed by atoms with Crippen LogP contribution in [0.1, 0.15) is 45.6 Å². The summed E-state index contributed by atoms with van der Waals surface area (Å²) in [5, 5.41) is 1.37. The van der Waals surface area contributed by atoms with Crippen molar-refractivity contribution in [1.82, 2.24) is 0 Å². The minimum atomic E-state index is -0.428. The van der Waals surface area contributed by atoms with Crippen LogP contribution in [-0.4, -0.2) is 18.5 Å². The summed E-state index contributed by atoms with van der Waals surface area (Å²) < 4.78 is 16.8. The maximum atomic E-state index is 11.6. The van der Waals surface area contributed by atoms with Crippen LogP contribution in [0.4, 0.5) is 0 Å². The Balaban J connectivity index is 2.61. The fourth-order valence-corrected chi connectivity index (χ4v) is 2.70. The first-order valence-electron chi connectivity index (χ1n) is 8.50. The largest absolute Gasteiger partial charge is 0.489 e. The molecule has 0 aromatic heterocycles. The molecule has 0 fully saturated rings. The summed E-state index contributed by atoms with van der Waals surface area (Å²) in [7, 11) is 0. The van der Waals surface area contributed by atoms with E-state index >= 15 is 0 Å². The highest BCUT2D eigenvalue weighted by atomic mass is 16.6. The number of carbonyl (C=O) groups is 2. The van der Waals surface area contributed by atoms with Crippen molar-refractivity contribution in [3.8, 4) is 17.2 Å². The lowest BCUT2D eigenvalue weighted by atomic mass is 10.0. The molecule has 2 aromatic rings. The van der Waals surface area contributed by atoms with Crippen molar-refractivity contribution in [3.63, 3.8) is 0 Å². The number of rotatable bonds is 7. The third-order valence-corrected chi connectivity index (χ3v) is 3.79. The van der Waals surface area contributed by atoms with Crippen LogP contribution in [0.3, 0.4) is 0 Å². The molecule has 0 aliphatic carbocycles. The molecule has 0 heterocycles. The lowest BCUT2D eigenvalue weighted by Gasteiger charge is -2.19. The first-order valence-corrected chi connectivity index (χ1v) is 8.50. The number of unbranched alkanes of at least 4 members (excludes halogenated alkanes) is 2. The topological polar surface area (TPSA) is 61.8 Å². The molecule has 0 aliphatic heterocycles. The maximum Gasteiger partial charge on any atom is 0.308 e. The Kier molecular flexibility index (Phi) is 6.39. The van der Waals surface area contributed by atoms with Crippen LogP contribution < -0.4 is 14.2 Å². The van der Waals surface area contributed by atoms with Crippen molar-refractivity contribution >= 4 is 22.7 Å². The van der Waals surface area contributed by atoms with Gasteiger partial charge in [-0.1, -0.05) is 44.0 Å². The lowest BCUT2D eigenvalue weighted by molar-refractivity contribution is -0.133. The number of hydrogen-bond donors (Lipinski definition) is 0. The van der Waals surface area contributed by atoms with Gasteiger partial charge in [-0.25, -0.2) is 0 Å². The van der Waals surface area contributed by atoms with E-state index in [0.717, 1.165) is 19.3 Å². The zero-order chi connectivity index (χ0) is 18.4. The normalized spacial score (nSPS) is 10.6. The van der Waals surface area contributed by atoms with Gasteiger partial charge >= 0.3 is 11.9 Å². The molecule has 5 heteroatoms. The van der Waals surface area contributed by atoms with Crippen LogP contribution in [0, 0.1) is 6.92 Å². The van der Waals surface area contributed by atoms with Crippen LogP contribution in [0.25, 0.3) is 10.8 Å². The number of benzene rings is 2. The van der Waals surface area contributed by atoms with Gasteiger partial charge in [0.05, 0.1) is 6.61 Å². The molecular weight excluding hydrogens is 320 g/mol. The number of esters is 2. The van der Waals surface area contributed by atoms with Crippen molar-refractivity contribution in [2.45, 2.75) is 47.0 Å². The first-order chi connectivity index (χ1) is 12.0. The molecule has 0 bridgehead atoms. The highest BCUT2D eigenvalue weighted by Gasteiger charge is 2.22. The second kappa shape index (κ2) is 8.51. The van der Waals surface area contributed by atoms with Crippen LogP contribution >= 0.6 is 0 Å². The molecule has 0 unspecified atom stereocenters. The first kappa shape index (κ1) is 18.8. The quantitative estimate of drug-likeness (QED) is 0.418. The van der Waals surface area contributed by atoms with Gasteiger partial charge in [-0.2, -0.15) is 0 Å². The summed E-state index contributed by atoms with van der Waals surface area (Å²) in [4.78, 5) is 23.1. The van der Waals surface area contributed by atoms with Gasteiger partial charge in [0.25, 0.3) is 0 Å². The van der Waals surface area contributed by atoms with Gasteiger partial charge in [0.1, 0.15) is 5.75 Å². The summed E-state index contributed by atoms with van der Waals surface area (Å²) in [6.07, 6.45) is 3.02. The highest BCUT2D eigenvalue weighted by molar-refractivity contribution is 5.99. The predicted molar refractivity (Wildman–Crippen MR) is 96.3 cm³/mol. The van der Waals surface area contributed by atoms with Crippen LogP contribution in [0.5, 0.6) is 17.2 Å². The number of ether oxygens (including phenoxy) is 3. The molecule has 0 saturated heterocycles. The molecule has 0 amide bonds. The summed E-state index contributed by atoms with van der Waals surface area (Å²) in [6.45, 7) is 7.12. The van der Waals surface area contributed by atoms with Gasteiger partial charge in [0.2, 0.25) is 0 Å². The third-order valence-electron chi connectivity index (χ3n) is 3.79. The third kappa shape index (κ3) is 4.50. The van der Waals surface area contributed by atoms with E-state index in [1.165, 1.54) is 13.8 Å². The summed E-state index contributed by atoms with van der Waals surface area (Å²) in [6, 6.07) is 7.32. The van der Waals surface area contributed by atoms with Gasteiger partial charge in [-0.05, 0) is 13.3 Å². The molecule has 0 spiro atoms. The van der Waals surface area contributed by atoms with Crippen molar-refractivity contribution < 1.29 is 23.8 Å². The fraction of sp³-hybridized carbons (Fsp3) is 0.400. The Morgan fingerprint density at radius 1 is 0.880 bits per heavy atom. The Morgan fingerprint density at radius 3 is 2.00 bits per heavy atom. The standard InChI is InChI=1S/C20H24O5/c1-5-6-9-12-23-19-13(2)18(24-14(3)21)16-10-7-8-11-17(16)20(19)25-15(4)22/h7-8,10-11H,5-6,9,12H2,1-4H3. The smallest absolute Gasteiger partial charge is 0.308 e. The average Bonchev–Trinajstić information content (AvgIpc) is 2.56. The van der Waals surface area contributed by atoms with Crippen LogP contribution in [0.2, 0.25) is 0 Å². The van der Waals surface area contributed by atoms with Crippen molar-refractivity contribution in [2.24, 2.45) is 0 Å². The van der Waals surface area contributed by atoms with E-state index in [1.807, 2.05) is 24.3 Å². The number of hydrogen-bond acceptors (Lipinski definition) is 5. The SMILES string of the molecule is CCCCCOc1c(C)c(OC(C)=O)c2ccccc2c1OC(C)=O. The molecule has 2 rings (SSSR count). The van der Waals surface area contributed by atoms with Gasteiger partial charge in [0.15, 0.2) is 11.5 Å². The number of fused-ring (bicyclic) bond motifs is 1. The Bertz CT molecular complexity index is 779. The molecule has 5 nitrogen and oxygen atoms in total. The molecule has 0 saturated carbocycles. The van der Waals surface area contributed by atoms with E-state index < -0.39 is 11.9 Å². The van der Waals surface area contributed by atoms with Gasteiger partial charge < -0.3 is 14.2 Å². The van der Waals surface area contributed by atoms with E-state index in [-0.39, 0.29) is 0 Å². The lowest BCUT2D eigenvalue weighted by Crippen LogP contribution is -2.10. The Labute approximate surface area is 147 Å². The van der Waals surface area contributed by atoms with E-state index in [1.54, 1.807) is 6.92 Å². The van der Waals surface area contributed by atoms with Gasteiger partial charge in [-0.15, -0.1) is 0 Å². The minimum absolute atomic E-state index is 0.369. The van der Waals surface area contributed by atoms with Gasteiger partial charge in [0, 0.05) is 30.2 Å². The van der Waals surface area contributed by atoms with Crippen molar-refractivity contribution in [2.75, 3.05) is 6.61 Å². The second-order valence-corrected chi connectivity index (χ2v) is 5.90. The van der Waals surface area contributed by atoms with Crippen molar-refractivity contribution in [1.29, 1.82) is 0 Å². The Morgan fingerprint density at radius 2 is 1.44 bits per heavy atom. The summed E-state index contributed by atoms with van der Waals surface area (Å²) in [5.41, 5.74) is 0.640. The maximum absolute atomic E-state index is 11.6. The minimum Gasteiger partial charge on any atom is -0.489 e. The average molecular weight is 344 g/mol. The Hall–Kier alpha value is -2.56. The molecular formula is C20H24O5. The van der Waals surface area contributed by atoms with E-state index in [0.29, 0.717) is 40.2 Å². The zero-order valence-corrected chi connectivity index (χ0v) is 15.2. The predicted octanol–water partition coefficient (Wildman–Crippen LogP) is 4.57. The molecule has 0 aliphatic rings.